The van der Waals surface area contributed by atoms with E-state index in [9.17, 15) is 0 Å². The molecule has 25 heavy (non-hydrogen) atoms. The fraction of sp³-hybridized carbons (Fsp3) is 0.450. The molecule has 0 aliphatic rings. The number of aliphatic hydroxyl groups is 2. The van der Waals surface area contributed by atoms with Crippen LogP contribution in [0.4, 0.5) is 0 Å². The van der Waals surface area contributed by atoms with Crippen molar-refractivity contribution in [1.82, 2.24) is 0 Å². The van der Waals surface area contributed by atoms with Gasteiger partial charge in [0.2, 0.25) is 0 Å². The molecule has 0 bridgehead atoms. The van der Waals surface area contributed by atoms with Gasteiger partial charge in [-0.05, 0) is 12.1 Å². The summed E-state index contributed by atoms with van der Waals surface area (Å²) in [5.74, 6) is 0. The van der Waals surface area contributed by atoms with Gasteiger partial charge in [0.1, 0.15) is 0 Å². The van der Waals surface area contributed by atoms with Gasteiger partial charge in [0.25, 0.3) is 0 Å². The molecule has 0 spiro atoms. The van der Waals surface area contributed by atoms with Crippen molar-refractivity contribution in [3.05, 3.63) is 48.5 Å². The molecule has 2 rings (SSSR count). The Bertz CT molecular complexity index is 498. The second-order valence-corrected chi connectivity index (χ2v) is 18.5. The standard InChI is InChI=1S/2C9H15OSi.C2H4.Zr/c2*1-11(2,8-7-10)9-5-3-4-6-9;1-2;/h2*3-6,10H,7-8H2,1-2H3;1H,2H3;/q2*-1;;+2. The number of aliphatic hydroxyl groups excluding tert-OH is 2. The van der Waals surface area contributed by atoms with E-state index in [-0.39, 0.29) is 0 Å². The van der Waals surface area contributed by atoms with Crippen molar-refractivity contribution in [2.45, 2.75) is 45.2 Å². The first-order valence-electron chi connectivity index (χ1n) is 8.86. The first-order valence-corrected chi connectivity index (χ1v) is 16.7. The summed E-state index contributed by atoms with van der Waals surface area (Å²) in [6, 6.07) is 18.9. The summed E-state index contributed by atoms with van der Waals surface area (Å²) in [4.78, 5) is 0. The quantitative estimate of drug-likeness (QED) is 0.521. The predicted octanol–water partition coefficient (Wildman–Crippen LogP) is 2.98. The van der Waals surface area contributed by atoms with Gasteiger partial charge in [-0.1, -0.05) is 26.2 Å². The van der Waals surface area contributed by atoms with E-state index in [1.165, 1.54) is 34.6 Å². The molecule has 0 aliphatic heterocycles. The van der Waals surface area contributed by atoms with Crippen molar-refractivity contribution < 1.29 is 34.4 Å². The summed E-state index contributed by atoms with van der Waals surface area (Å²) in [5.41, 5.74) is 0. The first-order chi connectivity index (χ1) is 11.7. The first kappa shape index (κ1) is 24.8. The molecule has 0 saturated carbocycles. The average molecular weight is 454 g/mol. The molecule has 5 heteroatoms. The molecule has 0 atom stereocenters. The molecule has 0 amide bonds. The van der Waals surface area contributed by atoms with E-state index in [4.69, 9.17) is 10.2 Å². The van der Waals surface area contributed by atoms with Gasteiger partial charge in [-0.15, -0.1) is 0 Å². The van der Waals surface area contributed by atoms with Gasteiger partial charge in [0.05, 0.1) is 0 Å². The molecule has 2 aromatic rings. The van der Waals surface area contributed by atoms with E-state index < -0.39 is 16.1 Å². The van der Waals surface area contributed by atoms with Crippen LogP contribution in [0.5, 0.6) is 0 Å². The molecule has 0 saturated heterocycles. The van der Waals surface area contributed by atoms with Crippen LogP contribution in [0.3, 0.4) is 0 Å². The van der Waals surface area contributed by atoms with Crippen molar-refractivity contribution in [2.75, 3.05) is 13.2 Å². The molecule has 0 unspecified atom stereocenters. The van der Waals surface area contributed by atoms with Crippen molar-refractivity contribution in [1.29, 1.82) is 0 Å². The zero-order chi connectivity index (χ0) is 19.3. The monoisotopic (exact) mass is 452 g/mol. The summed E-state index contributed by atoms with van der Waals surface area (Å²) in [7, 11) is -2.55. The minimum absolute atomic E-state index is 0.324. The van der Waals surface area contributed by atoms with Crippen LogP contribution < -0.4 is 10.4 Å². The Hall–Kier alpha value is -0.193. The van der Waals surface area contributed by atoms with Gasteiger partial charge in [0.15, 0.2) is 0 Å². The normalized spacial score (nSPS) is 11.1. The fourth-order valence-electron chi connectivity index (χ4n) is 2.50. The molecule has 0 fully saturated rings. The van der Waals surface area contributed by atoms with Gasteiger partial charge in [-0.3, -0.25) is 0 Å². The summed E-state index contributed by atoms with van der Waals surface area (Å²) >= 11 is 1.51. The number of rotatable bonds is 6. The van der Waals surface area contributed by atoms with Crippen LogP contribution >= 0.6 is 0 Å². The Morgan fingerprint density at radius 3 is 1.40 bits per heavy atom. The summed E-state index contributed by atoms with van der Waals surface area (Å²) in [6.07, 6.45) is 0. The van der Waals surface area contributed by atoms with E-state index >= 15 is 0 Å². The Morgan fingerprint density at radius 1 is 0.880 bits per heavy atom. The van der Waals surface area contributed by atoms with E-state index in [0.717, 1.165) is 12.1 Å². The van der Waals surface area contributed by atoms with E-state index in [1.807, 2.05) is 6.92 Å². The van der Waals surface area contributed by atoms with E-state index in [0.29, 0.717) is 13.2 Å². The Morgan fingerprint density at radius 2 is 1.20 bits per heavy atom. The molecular formula is C20H34O2Si2Zr. The Kier molecular flexibility index (Phi) is 12.9. The Balaban J connectivity index is 0.000000399. The Labute approximate surface area is 171 Å². The molecule has 2 N–H and O–H groups in total. The van der Waals surface area contributed by atoms with E-state index in [2.05, 4.69) is 78.4 Å². The van der Waals surface area contributed by atoms with Gasteiger partial charge < -0.3 is 10.2 Å². The van der Waals surface area contributed by atoms with Crippen LogP contribution in [0, 0.1) is 0 Å². The van der Waals surface area contributed by atoms with Crippen LogP contribution in [0.15, 0.2) is 48.5 Å². The minimum atomic E-state index is -1.28. The summed E-state index contributed by atoms with van der Waals surface area (Å²) < 4.78 is 2.09. The van der Waals surface area contributed by atoms with E-state index in [1.54, 1.807) is 0 Å². The maximum atomic E-state index is 8.84. The van der Waals surface area contributed by atoms with Crippen LogP contribution in [0.1, 0.15) is 6.92 Å². The number of hydrogen-bond acceptors (Lipinski definition) is 2. The van der Waals surface area contributed by atoms with Crippen LogP contribution in [0.25, 0.3) is 0 Å². The zero-order valence-electron chi connectivity index (χ0n) is 16.4. The molecule has 0 heterocycles. The second-order valence-electron chi connectivity index (χ2n) is 7.35. The fourth-order valence-corrected chi connectivity index (χ4v) is 6.38. The van der Waals surface area contributed by atoms with Crippen LogP contribution in [0.2, 0.25) is 38.3 Å². The molecule has 138 valence electrons. The number of hydrogen-bond donors (Lipinski definition) is 2. The van der Waals surface area contributed by atoms with Gasteiger partial charge >= 0.3 is 34.9 Å². The van der Waals surface area contributed by atoms with Gasteiger partial charge in [-0.2, -0.15) is 36.4 Å². The van der Waals surface area contributed by atoms with Crippen LogP contribution in [-0.4, -0.2) is 43.3 Å². The van der Waals surface area contributed by atoms with Gasteiger partial charge in [0, 0.05) is 29.4 Å². The van der Waals surface area contributed by atoms with Gasteiger partial charge in [-0.25, -0.2) is 22.5 Å². The third kappa shape index (κ3) is 9.91. The van der Waals surface area contributed by atoms with Crippen molar-refractivity contribution in [3.8, 4) is 0 Å². The van der Waals surface area contributed by atoms with Crippen LogP contribution in [-0.2, 0) is 24.2 Å². The predicted molar refractivity (Wildman–Crippen MR) is 114 cm³/mol. The molecule has 2 aromatic carbocycles. The molecule has 0 aliphatic carbocycles. The van der Waals surface area contributed by atoms with Crippen molar-refractivity contribution in [2.24, 2.45) is 0 Å². The zero-order valence-corrected chi connectivity index (χ0v) is 20.9. The summed E-state index contributed by atoms with van der Waals surface area (Å²) in [6.45, 7) is 11.8. The summed E-state index contributed by atoms with van der Waals surface area (Å²) in [5, 5.41) is 20.6. The largest absolute Gasteiger partial charge is 0.397 e. The molecule has 0 aromatic heterocycles. The smallest absolute Gasteiger partial charge is 0.0401 e. The average Bonchev–Trinajstić information content (AvgIpc) is 3.23. The third-order valence-corrected chi connectivity index (χ3v) is 11.1. The maximum Gasteiger partial charge on any atom is 0.0401 e. The second kappa shape index (κ2) is 13.0. The topological polar surface area (TPSA) is 40.5 Å². The van der Waals surface area contributed by atoms with Crippen molar-refractivity contribution in [3.63, 3.8) is 0 Å². The minimum Gasteiger partial charge on any atom is -0.397 e. The van der Waals surface area contributed by atoms with Crippen molar-refractivity contribution >= 4 is 30.2 Å². The molecule has 0 radical (unpaired) electrons. The molecular weight excluding hydrogens is 420 g/mol. The maximum absolute atomic E-state index is 8.84. The molecule has 2 nitrogen and oxygen atoms in total. The third-order valence-electron chi connectivity index (χ3n) is 4.36. The SMILES string of the molecule is C[CH]=[Zr+2].C[Si](C)(CCO)c1cc[cH-]c1.C[Si](C)(CCO)c1cc[cH-]c1.